The van der Waals surface area contributed by atoms with Gasteiger partial charge in [0.1, 0.15) is 0 Å². The zero-order valence-electron chi connectivity index (χ0n) is 8.75. The van der Waals surface area contributed by atoms with E-state index in [1.165, 1.54) is 11.1 Å². The van der Waals surface area contributed by atoms with Crippen LogP contribution >= 0.6 is 0 Å². The number of nitriles is 1. The fourth-order valence-electron chi connectivity index (χ4n) is 1.62. The summed E-state index contributed by atoms with van der Waals surface area (Å²) in [7, 11) is 0. The zero-order valence-corrected chi connectivity index (χ0v) is 8.75. The topological polar surface area (TPSA) is 23.8 Å². The van der Waals surface area contributed by atoms with Gasteiger partial charge in [0.2, 0.25) is 0 Å². The predicted molar refractivity (Wildman–Crippen MR) is 59.6 cm³/mol. The molecule has 0 spiro atoms. The number of nitrogens with zero attached hydrogens (tertiary/aromatic N) is 1. The highest BCUT2D eigenvalue weighted by Gasteiger charge is 2.06. The highest BCUT2D eigenvalue weighted by Crippen LogP contribution is 2.23. The molecule has 0 heterocycles. The zero-order chi connectivity index (χ0) is 10.4. The van der Waals surface area contributed by atoms with Crippen molar-refractivity contribution in [3.05, 3.63) is 47.1 Å². The van der Waals surface area contributed by atoms with Crippen LogP contribution in [0.1, 0.15) is 26.7 Å². The lowest BCUT2D eigenvalue weighted by atomic mass is 9.94. The summed E-state index contributed by atoms with van der Waals surface area (Å²) in [5.74, 6) is 0. The van der Waals surface area contributed by atoms with Crippen molar-refractivity contribution in [2.45, 2.75) is 26.7 Å². The third-order valence-corrected chi connectivity index (χ3v) is 2.35. The van der Waals surface area contributed by atoms with Gasteiger partial charge in [0.25, 0.3) is 0 Å². The van der Waals surface area contributed by atoms with E-state index in [9.17, 15) is 0 Å². The van der Waals surface area contributed by atoms with Gasteiger partial charge in [-0.15, -0.1) is 0 Å². The summed E-state index contributed by atoms with van der Waals surface area (Å²) in [4.78, 5) is 0. The molecular weight excluding hydrogens is 170 g/mol. The molecule has 0 unspecified atom stereocenters. The summed E-state index contributed by atoms with van der Waals surface area (Å²) in [6.45, 7) is 4.21. The number of rotatable bonds is 2. The first-order valence-corrected chi connectivity index (χ1v) is 5.01. The van der Waals surface area contributed by atoms with E-state index < -0.39 is 0 Å². The molecule has 0 bridgehead atoms. The number of allylic oxidation sites excluding steroid dienone is 8. The smallest absolute Gasteiger partial charge is 0.0994 e. The Morgan fingerprint density at radius 1 is 1.14 bits per heavy atom. The Bertz CT molecular complexity index is 359. The largest absolute Gasteiger partial charge is 0.192 e. The molecule has 0 atom stereocenters. The summed E-state index contributed by atoms with van der Waals surface area (Å²) in [6.07, 6.45) is 11.8. The van der Waals surface area contributed by atoms with Crippen LogP contribution in [-0.2, 0) is 0 Å². The molecule has 72 valence electrons. The van der Waals surface area contributed by atoms with Gasteiger partial charge in [-0.25, -0.2) is 0 Å². The molecule has 1 nitrogen and oxygen atoms in total. The fraction of sp³-hybridized carbons (Fsp3) is 0.308. The van der Waals surface area contributed by atoms with E-state index in [1.807, 2.05) is 24.3 Å². The summed E-state index contributed by atoms with van der Waals surface area (Å²) in [6, 6.07) is 2.26. The van der Waals surface area contributed by atoms with Gasteiger partial charge in [-0.2, -0.15) is 5.26 Å². The molecule has 0 fully saturated rings. The van der Waals surface area contributed by atoms with Crippen molar-refractivity contribution >= 4 is 0 Å². The maximum absolute atomic E-state index is 9.01. The Morgan fingerprint density at radius 3 is 2.50 bits per heavy atom. The molecule has 0 saturated carbocycles. The van der Waals surface area contributed by atoms with Crippen LogP contribution in [0.15, 0.2) is 47.1 Å². The molecule has 0 aromatic carbocycles. The number of hydrogen-bond donors (Lipinski definition) is 0. The van der Waals surface area contributed by atoms with E-state index >= 15 is 0 Å². The van der Waals surface area contributed by atoms with Gasteiger partial charge in [0.05, 0.1) is 11.6 Å². The minimum atomic E-state index is 0.796. The molecule has 0 aromatic heterocycles. The Balaban J connectivity index is 3.22. The van der Waals surface area contributed by atoms with E-state index in [1.54, 1.807) is 0 Å². The Hall–Kier alpha value is -1.55. The van der Waals surface area contributed by atoms with Gasteiger partial charge >= 0.3 is 0 Å². The Morgan fingerprint density at radius 2 is 1.93 bits per heavy atom. The van der Waals surface area contributed by atoms with E-state index in [-0.39, 0.29) is 0 Å². The highest BCUT2D eigenvalue weighted by molar-refractivity contribution is 5.49. The molecule has 0 amide bonds. The van der Waals surface area contributed by atoms with Crippen LogP contribution in [0, 0.1) is 11.3 Å². The molecule has 0 aliphatic heterocycles. The summed E-state index contributed by atoms with van der Waals surface area (Å²) in [5, 5.41) is 9.01. The lowest BCUT2D eigenvalue weighted by molar-refractivity contribution is 1.01. The lowest BCUT2D eigenvalue weighted by Gasteiger charge is -2.09. The van der Waals surface area contributed by atoms with Crippen LogP contribution in [0.25, 0.3) is 0 Å². The van der Waals surface area contributed by atoms with Crippen molar-refractivity contribution in [1.29, 1.82) is 5.26 Å². The number of hydrogen-bond acceptors (Lipinski definition) is 1. The fourth-order valence-corrected chi connectivity index (χ4v) is 1.62. The van der Waals surface area contributed by atoms with Crippen LogP contribution in [-0.4, -0.2) is 0 Å². The van der Waals surface area contributed by atoms with Gasteiger partial charge in [-0.1, -0.05) is 38.2 Å². The first-order chi connectivity index (χ1) is 6.83. The van der Waals surface area contributed by atoms with Crippen molar-refractivity contribution in [3.8, 4) is 6.07 Å². The van der Waals surface area contributed by atoms with E-state index in [2.05, 4.69) is 26.0 Å². The molecule has 0 saturated heterocycles. The maximum atomic E-state index is 9.01. The normalized spacial score (nSPS) is 29.4. The molecule has 0 aromatic rings. The third kappa shape index (κ3) is 2.23. The monoisotopic (exact) mass is 185 g/mol. The van der Waals surface area contributed by atoms with Gasteiger partial charge < -0.3 is 0 Å². The lowest BCUT2D eigenvalue weighted by Crippen LogP contribution is -1.93. The van der Waals surface area contributed by atoms with Gasteiger partial charge in [0.15, 0.2) is 0 Å². The second-order valence-corrected chi connectivity index (χ2v) is 3.15. The van der Waals surface area contributed by atoms with Crippen molar-refractivity contribution in [1.82, 2.24) is 0 Å². The standard InChI is InChI=1S/C13H15N/c1-3-11-8-6-5-7-9-12(10-14)13(11)4-2/h5-9H,3-4H2,1-2H3/b6-5-,7-5?,8-6?,9-7-,11-8-,12-9?,13-11?,13-12+. The summed E-state index contributed by atoms with van der Waals surface area (Å²) in [5.41, 5.74) is 3.24. The molecule has 0 radical (unpaired) electrons. The third-order valence-electron chi connectivity index (χ3n) is 2.35. The van der Waals surface area contributed by atoms with E-state index in [4.69, 9.17) is 5.26 Å². The Labute approximate surface area is 85.7 Å². The highest BCUT2D eigenvalue weighted by atomic mass is 14.3. The van der Waals surface area contributed by atoms with Crippen LogP contribution in [0.4, 0.5) is 0 Å². The molecule has 1 aliphatic rings. The van der Waals surface area contributed by atoms with E-state index in [0.29, 0.717) is 0 Å². The van der Waals surface area contributed by atoms with Crippen molar-refractivity contribution < 1.29 is 0 Å². The second-order valence-electron chi connectivity index (χ2n) is 3.15. The first kappa shape index (κ1) is 10.5. The van der Waals surface area contributed by atoms with Gasteiger partial charge in [-0.3, -0.25) is 0 Å². The summed E-state index contributed by atoms with van der Waals surface area (Å²) < 4.78 is 0. The second kappa shape index (κ2) is 5.24. The first-order valence-electron chi connectivity index (χ1n) is 5.01. The average Bonchev–Trinajstić information content (AvgIpc) is 2.18. The molecule has 1 rings (SSSR count). The predicted octanol–water partition coefficient (Wildman–Crippen LogP) is 3.68. The van der Waals surface area contributed by atoms with Crippen molar-refractivity contribution in [2.75, 3.05) is 0 Å². The minimum Gasteiger partial charge on any atom is -0.192 e. The van der Waals surface area contributed by atoms with Crippen LogP contribution in [0.2, 0.25) is 0 Å². The van der Waals surface area contributed by atoms with Gasteiger partial charge in [0, 0.05) is 0 Å². The average molecular weight is 185 g/mol. The molecular formula is C13H15N. The minimum absolute atomic E-state index is 0.796. The van der Waals surface area contributed by atoms with E-state index in [0.717, 1.165) is 18.4 Å². The van der Waals surface area contributed by atoms with Gasteiger partial charge in [-0.05, 0) is 30.1 Å². The van der Waals surface area contributed by atoms with Crippen molar-refractivity contribution in [3.63, 3.8) is 0 Å². The van der Waals surface area contributed by atoms with Crippen molar-refractivity contribution in [2.24, 2.45) is 0 Å². The molecule has 1 aliphatic carbocycles. The molecule has 0 N–H and O–H groups in total. The maximum Gasteiger partial charge on any atom is 0.0994 e. The SMILES string of the molecule is CCC1=C/C=C\C=C/C(C#N)=C\1CC. The molecule has 14 heavy (non-hydrogen) atoms. The summed E-state index contributed by atoms with van der Waals surface area (Å²) >= 11 is 0. The molecule has 1 heteroatoms. The quantitative estimate of drug-likeness (QED) is 0.643. The van der Waals surface area contributed by atoms with Crippen LogP contribution < -0.4 is 0 Å². The van der Waals surface area contributed by atoms with Crippen LogP contribution in [0.5, 0.6) is 0 Å². The van der Waals surface area contributed by atoms with Crippen LogP contribution in [0.3, 0.4) is 0 Å². The Kier molecular flexibility index (Phi) is 3.94.